The van der Waals surface area contributed by atoms with Gasteiger partial charge in [-0.1, -0.05) is 30.8 Å². The fraction of sp³-hybridized carbons (Fsp3) is 0.385. The van der Waals surface area contributed by atoms with E-state index >= 15 is 0 Å². The summed E-state index contributed by atoms with van der Waals surface area (Å²) in [5.41, 5.74) is 7.36. The summed E-state index contributed by atoms with van der Waals surface area (Å²) in [4.78, 5) is 0. The van der Waals surface area contributed by atoms with Crippen LogP contribution < -0.4 is 10.5 Å². The summed E-state index contributed by atoms with van der Waals surface area (Å²) in [6.07, 6.45) is 1.69. The van der Waals surface area contributed by atoms with Crippen LogP contribution in [0.1, 0.15) is 18.5 Å². The average molecular weight is 278 g/mol. The predicted octanol–water partition coefficient (Wildman–Crippen LogP) is 2.00. The Bertz CT molecular complexity index is 526. The standard InChI is InChI=1S/C13H18N4OS/c1-9(19-13-16-15-8-17(13)2)12(14)10-4-6-11(18-3)7-5-10/h4-9,12H,14H2,1-3H3. The summed E-state index contributed by atoms with van der Waals surface area (Å²) in [7, 11) is 3.58. The van der Waals surface area contributed by atoms with Crippen LogP contribution in [-0.4, -0.2) is 27.1 Å². The zero-order chi connectivity index (χ0) is 13.8. The van der Waals surface area contributed by atoms with E-state index in [1.165, 1.54) is 0 Å². The Hall–Kier alpha value is -1.53. The van der Waals surface area contributed by atoms with Crippen molar-refractivity contribution in [3.05, 3.63) is 36.2 Å². The highest BCUT2D eigenvalue weighted by atomic mass is 32.2. The minimum atomic E-state index is -0.0624. The number of thioether (sulfide) groups is 1. The van der Waals surface area contributed by atoms with Crippen molar-refractivity contribution in [1.29, 1.82) is 0 Å². The maximum Gasteiger partial charge on any atom is 0.191 e. The Morgan fingerprint density at radius 2 is 2.00 bits per heavy atom. The van der Waals surface area contributed by atoms with E-state index in [0.717, 1.165) is 16.5 Å². The molecule has 5 nitrogen and oxygen atoms in total. The second kappa shape index (κ2) is 6.08. The smallest absolute Gasteiger partial charge is 0.191 e. The van der Waals surface area contributed by atoms with Gasteiger partial charge >= 0.3 is 0 Å². The third kappa shape index (κ3) is 3.27. The van der Waals surface area contributed by atoms with E-state index in [9.17, 15) is 0 Å². The van der Waals surface area contributed by atoms with Crippen LogP contribution in [0.5, 0.6) is 5.75 Å². The highest BCUT2D eigenvalue weighted by Gasteiger charge is 2.18. The molecule has 0 fully saturated rings. The molecule has 0 aliphatic rings. The van der Waals surface area contributed by atoms with Crippen LogP contribution in [0.2, 0.25) is 0 Å². The van der Waals surface area contributed by atoms with E-state index in [4.69, 9.17) is 10.5 Å². The number of rotatable bonds is 5. The SMILES string of the molecule is COc1ccc(C(N)C(C)Sc2nncn2C)cc1. The molecule has 1 heterocycles. The van der Waals surface area contributed by atoms with Gasteiger partial charge < -0.3 is 15.0 Å². The molecule has 2 unspecified atom stereocenters. The van der Waals surface area contributed by atoms with Gasteiger partial charge in [0, 0.05) is 18.3 Å². The summed E-state index contributed by atoms with van der Waals surface area (Å²) in [6.45, 7) is 2.09. The minimum absolute atomic E-state index is 0.0624. The molecular weight excluding hydrogens is 260 g/mol. The molecule has 0 radical (unpaired) electrons. The molecular formula is C13H18N4OS. The second-order valence-corrected chi connectivity index (χ2v) is 5.69. The van der Waals surface area contributed by atoms with Crippen molar-refractivity contribution in [2.75, 3.05) is 7.11 Å². The first kappa shape index (κ1) is 13.9. The molecule has 2 rings (SSSR count). The molecule has 0 aliphatic carbocycles. The number of nitrogens with zero attached hydrogens (tertiary/aromatic N) is 3. The molecule has 2 N–H and O–H groups in total. The molecule has 0 amide bonds. The van der Waals surface area contributed by atoms with Gasteiger partial charge in [0.1, 0.15) is 12.1 Å². The third-order valence-electron chi connectivity index (χ3n) is 2.97. The summed E-state index contributed by atoms with van der Waals surface area (Å²) in [5, 5.41) is 9.00. The number of aryl methyl sites for hydroxylation is 1. The van der Waals surface area contributed by atoms with E-state index in [1.54, 1.807) is 25.2 Å². The van der Waals surface area contributed by atoms with Gasteiger partial charge in [0.2, 0.25) is 0 Å². The lowest BCUT2D eigenvalue weighted by Crippen LogP contribution is -2.21. The number of benzene rings is 1. The number of nitrogens with two attached hydrogens (primary N) is 1. The Morgan fingerprint density at radius 1 is 1.32 bits per heavy atom. The average Bonchev–Trinajstić information content (AvgIpc) is 2.83. The number of hydrogen-bond acceptors (Lipinski definition) is 5. The maximum atomic E-state index is 6.28. The number of ether oxygens (including phenoxy) is 1. The van der Waals surface area contributed by atoms with Gasteiger partial charge in [-0.3, -0.25) is 0 Å². The largest absolute Gasteiger partial charge is 0.497 e. The highest BCUT2D eigenvalue weighted by molar-refractivity contribution is 7.99. The third-order valence-corrected chi connectivity index (χ3v) is 4.21. The maximum absolute atomic E-state index is 6.28. The minimum Gasteiger partial charge on any atom is -0.497 e. The van der Waals surface area contributed by atoms with Crippen LogP contribution in [0.4, 0.5) is 0 Å². The topological polar surface area (TPSA) is 66.0 Å². The molecule has 6 heteroatoms. The van der Waals surface area contributed by atoms with E-state index in [1.807, 2.05) is 35.9 Å². The van der Waals surface area contributed by atoms with Crippen LogP contribution in [0.25, 0.3) is 0 Å². The normalized spacial score (nSPS) is 14.1. The lowest BCUT2D eigenvalue weighted by atomic mass is 10.1. The lowest BCUT2D eigenvalue weighted by Gasteiger charge is -2.19. The van der Waals surface area contributed by atoms with Crippen molar-refractivity contribution in [3.8, 4) is 5.75 Å². The van der Waals surface area contributed by atoms with E-state index in [2.05, 4.69) is 17.1 Å². The molecule has 0 saturated carbocycles. The van der Waals surface area contributed by atoms with Gasteiger partial charge in [-0.25, -0.2) is 0 Å². The predicted molar refractivity (Wildman–Crippen MR) is 76.2 cm³/mol. The molecule has 102 valence electrons. The van der Waals surface area contributed by atoms with Crippen LogP contribution in [0.15, 0.2) is 35.7 Å². The van der Waals surface area contributed by atoms with Crippen LogP contribution >= 0.6 is 11.8 Å². The lowest BCUT2D eigenvalue weighted by molar-refractivity contribution is 0.414. The zero-order valence-electron chi connectivity index (χ0n) is 11.3. The fourth-order valence-electron chi connectivity index (χ4n) is 1.72. The first-order chi connectivity index (χ1) is 9.11. The Balaban J connectivity index is 2.05. The highest BCUT2D eigenvalue weighted by Crippen LogP contribution is 2.29. The first-order valence-corrected chi connectivity index (χ1v) is 6.90. The molecule has 0 bridgehead atoms. The van der Waals surface area contributed by atoms with Gasteiger partial charge in [0.15, 0.2) is 5.16 Å². The van der Waals surface area contributed by atoms with Crippen molar-refractivity contribution in [2.24, 2.45) is 12.8 Å². The van der Waals surface area contributed by atoms with Crippen LogP contribution in [0, 0.1) is 0 Å². The summed E-state index contributed by atoms with van der Waals surface area (Å²) in [5.74, 6) is 0.838. The van der Waals surface area contributed by atoms with Gasteiger partial charge in [-0.15, -0.1) is 10.2 Å². The quantitative estimate of drug-likeness (QED) is 0.847. The molecule has 19 heavy (non-hydrogen) atoms. The fourth-order valence-corrected chi connectivity index (χ4v) is 2.66. The summed E-state index contributed by atoms with van der Waals surface area (Å²) in [6, 6.07) is 7.78. The Kier molecular flexibility index (Phi) is 4.44. The monoisotopic (exact) mass is 278 g/mol. The molecule has 0 aliphatic heterocycles. The summed E-state index contributed by atoms with van der Waals surface area (Å²) >= 11 is 1.62. The number of methoxy groups -OCH3 is 1. The van der Waals surface area contributed by atoms with Gasteiger partial charge in [0.25, 0.3) is 0 Å². The van der Waals surface area contributed by atoms with Crippen LogP contribution in [-0.2, 0) is 7.05 Å². The number of aromatic nitrogens is 3. The molecule has 0 saturated heterocycles. The van der Waals surface area contributed by atoms with Crippen molar-refractivity contribution in [1.82, 2.24) is 14.8 Å². The number of hydrogen-bond donors (Lipinski definition) is 1. The van der Waals surface area contributed by atoms with Crippen molar-refractivity contribution >= 4 is 11.8 Å². The Morgan fingerprint density at radius 3 is 2.53 bits per heavy atom. The molecule has 1 aromatic heterocycles. The second-order valence-electron chi connectivity index (χ2n) is 4.35. The molecule has 1 aromatic carbocycles. The van der Waals surface area contributed by atoms with E-state index in [0.29, 0.717) is 0 Å². The van der Waals surface area contributed by atoms with Crippen molar-refractivity contribution < 1.29 is 4.74 Å². The Labute approximate surface area is 117 Å². The zero-order valence-corrected chi connectivity index (χ0v) is 12.1. The first-order valence-electron chi connectivity index (χ1n) is 6.02. The van der Waals surface area contributed by atoms with Gasteiger partial charge in [0.05, 0.1) is 7.11 Å². The molecule has 2 aromatic rings. The molecule has 0 spiro atoms. The van der Waals surface area contributed by atoms with E-state index in [-0.39, 0.29) is 11.3 Å². The van der Waals surface area contributed by atoms with Gasteiger partial charge in [-0.2, -0.15) is 0 Å². The van der Waals surface area contributed by atoms with Gasteiger partial charge in [-0.05, 0) is 17.7 Å². The van der Waals surface area contributed by atoms with Crippen molar-refractivity contribution in [2.45, 2.75) is 23.4 Å². The van der Waals surface area contributed by atoms with Crippen LogP contribution in [0.3, 0.4) is 0 Å². The summed E-state index contributed by atoms with van der Waals surface area (Å²) < 4.78 is 7.03. The van der Waals surface area contributed by atoms with Crippen molar-refractivity contribution in [3.63, 3.8) is 0 Å². The van der Waals surface area contributed by atoms with E-state index < -0.39 is 0 Å². The molecule has 2 atom stereocenters.